The first kappa shape index (κ1) is 15.4. The molecule has 0 spiro atoms. The van der Waals surface area contributed by atoms with Crippen LogP contribution in [-0.4, -0.2) is 11.9 Å². The minimum absolute atomic E-state index is 0.363. The normalized spacial score (nSPS) is 14.3. The fourth-order valence-electron chi connectivity index (χ4n) is 1.26. The molecule has 15 heavy (non-hydrogen) atoms. The van der Waals surface area contributed by atoms with Crippen LogP contribution in [0.25, 0.3) is 0 Å². The average molecular weight is 580 g/mol. The summed E-state index contributed by atoms with van der Waals surface area (Å²) >= 11 is 3.43. The van der Waals surface area contributed by atoms with Gasteiger partial charge in [0, 0.05) is 0 Å². The van der Waals surface area contributed by atoms with Gasteiger partial charge in [-0.05, 0) is 0 Å². The van der Waals surface area contributed by atoms with Gasteiger partial charge >= 0.3 is 116 Å². The number of hydrogen-bond donors (Lipinski definition) is 0. The van der Waals surface area contributed by atoms with Crippen LogP contribution >= 0.6 is 0 Å². The molecular weight excluding hydrogens is 566 g/mol. The second kappa shape index (κ2) is 8.56. The van der Waals surface area contributed by atoms with Crippen LogP contribution in [0.4, 0.5) is 0 Å². The molecule has 2 atom stereocenters. The second-order valence-electron chi connectivity index (χ2n) is 3.30. The van der Waals surface area contributed by atoms with Gasteiger partial charge in [-0.25, -0.2) is 0 Å². The summed E-state index contributed by atoms with van der Waals surface area (Å²) in [5.74, 6) is -1.62. The van der Waals surface area contributed by atoms with E-state index >= 15 is 0 Å². The van der Waals surface area contributed by atoms with Gasteiger partial charge in [-0.15, -0.1) is 0 Å². The topological polar surface area (TPSA) is 52.6 Å². The van der Waals surface area contributed by atoms with Crippen LogP contribution in [0.2, 0.25) is 0 Å². The summed E-state index contributed by atoms with van der Waals surface area (Å²) < 4.78 is 9.18. The Labute approximate surface area is 115 Å². The van der Waals surface area contributed by atoms with Crippen LogP contribution in [0.1, 0.15) is 33.1 Å². The van der Waals surface area contributed by atoms with E-state index < -0.39 is 17.8 Å². The van der Waals surface area contributed by atoms with Gasteiger partial charge in [0.1, 0.15) is 0 Å². The third kappa shape index (κ3) is 5.33. The average Bonchev–Trinajstić information content (AvgIpc) is 2.27. The summed E-state index contributed by atoms with van der Waals surface area (Å²) in [4.78, 5) is 22.7. The summed E-state index contributed by atoms with van der Waals surface area (Å²) in [7, 11) is 0. The van der Waals surface area contributed by atoms with E-state index in [2.05, 4.69) is 6.49 Å². The Morgan fingerprint density at radius 1 is 1.20 bits per heavy atom. The number of carbonyl (C=O) groups is 2. The SMILES string of the molecule is CCCCC(C(=O)[O][Au])C(C)C(=O)[O][Au]. The van der Waals surface area contributed by atoms with Crippen LogP contribution in [0.15, 0.2) is 0 Å². The van der Waals surface area contributed by atoms with E-state index in [4.69, 9.17) is 0 Å². The van der Waals surface area contributed by atoms with E-state index in [9.17, 15) is 9.59 Å². The van der Waals surface area contributed by atoms with E-state index in [1.54, 1.807) is 49.9 Å². The third-order valence-electron chi connectivity index (χ3n) is 2.27. The number of carbonyl (C=O) groups excluding carboxylic acids is 2. The Balaban J connectivity index is 4.46. The first-order valence-corrected chi connectivity index (χ1v) is 6.43. The summed E-state index contributed by atoms with van der Waals surface area (Å²) in [5, 5.41) is 0. The molecule has 4 nitrogen and oxygen atoms in total. The minimum atomic E-state index is -0.459. The van der Waals surface area contributed by atoms with Crippen molar-refractivity contribution in [3.05, 3.63) is 0 Å². The van der Waals surface area contributed by atoms with Crippen molar-refractivity contribution in [1.82, 2.24) is 0 Å². The molecule has 0 heterocycles. The number of hydrogen-bond acceptors (Lipinski definition) is 4. The molecule has 0 radical (unpaired) electrons. The molecule has 0 rings (SSSR count). The Bertz CT molecular complexity index is 220. The molecule has 0 saturated heterocycles. The predicted octanol–water partition coefficient (Wildman–Crippen LogP) is 1.44. The summed E-state index contributed by atoms with van der Waals surface area (Å²) in [6, 6.07) is 0. The van der Waals surface area contributed by atoms with Crippen LogP contribution in [0.3, 0.4) is 0 Å². The molecule has 0 aliphatic carbocycles. The van der Waals surface area contributed by atoms with E-state index in [0.717, 1.165) is 12.8 Å². The molecule has 0 fully saturated rings. The van der Waals surface area contributed by atoms with E-state index in [0.29, 0.717) is 6.42 Å². The van der Waals surface area contributed by atoms with Crippen molar-refractivity contribution in [3.63, 3.8) is 0 Å². The summed E-state index contributed by atoms with van der Waals surface area (Å²) in [5.41, 5.74) is 0. The maximum absolute atomic E-state index is 11.4. The summed E-state index contributed by atoms with van der Waals surface area (Å²) in [6.45, 7) is 3.72. The fourth-order valence-corrected chi connectivity index (χ4v) is 1.99. The zero-order chi connectivity index (χ0) is 11.8. The van der Waals surface area contributed by atoms with Crippen LogP contribution in [-0.2, 0) is 59.0 Å². The Kier molecular flexibility index (Phi) is 8.80. The van der Waals surface area contributed by atoms with Gasteiger partial charge in [0.2, 0.25) is 0 Å². The maximum atomic E-state index is 11.4. The van der Waals surface area contributed by atoms with Crippen LogP contribution in [0.5, 0.6) is 0 Å². The molecule has 96 valence electrons. The van der Waals surface area contributed by atoms with Gasteiger partial charge in [0.05, 0.1) is 0 Å². The van der Waals surface area contributed by atoms with Gasteiger partial charge in [-0.1, -0.05) is 0 Å². The quantitative estimate of drug-likeness (QED) is 0.447. The molecule has 0 amide bonds. The van der Waals surface area contributed by atoms with Crippen molar-refractivity contribution >= 4 is 11.9 Å². The molecule has 0 aromatic heterocycles. The van der Waals surface area contributed by atoms with E-state index in [1.807, 2.05) is 6.92 Å². The molecule has 0 saturated carbocycles. The number of rotatable bonds is 6. The molecule has 2 unspecified atom stereocenters. The Hall–Kier alpha value is 0.421. The molecule has 0 N–H and O–H groups in total. The van der Waals surface area contributed by atoms with Gasteiger partial charge in [0.15, 0.2) is 0 Å². The predicted molar refractivity (Wildman–Crippen MR) is 44.4 cm³/mol. The van der Waals surface area contributed by atoms with Crippen LogP contribution in [0, 0.1) is 11.8 Å². The third-order valence-corrected chi connectivity index (χ3v) is 3.14. The molecule has 6 heteroatoms. The van der Waals surface area contributed by atoms with E-state index in [-0.39, 0.29) is 5.97 Å². The molecule has 0 aliphatic rings. The standard InChI is InChI=1S/C9H16O4.2Au/c1-3-4-5-7(9(12)13)6(2)8(10)11;;/h6-7H,3-5H2,1-2H3,(H,10,11)(H,12,13);;/q;2*+1/p-2. The van der Waals surface area contributed by atoms with Crippen molar-refractivity contribution in [2.45, 2.75) is 33.1 Å². The molecule has 0 aliphatic heterocycles. The van der Waals surface area contributed by atoms with E-state index in [1.165, 1.54) is 0 Å². The van der Waals surface area contributed by atoms with Crippen molar-refractivity contribution in [1.29, 1.82) is 0 Å². The fraction of sp³-hybridized carbons (Fsp3) is 0.778. The van der Waals surface area contributed by atoms with Gasteiger partial charge < -0.3 is 0 Å². The van der Waals surface area contributed by atoms with Gasteiger partial charge in [0.25, 0.3) is 0 Å². The van der Waals surface area contributed by atoms with Gasteiger partial charge in [-0.2, -0.15) is 0 Å². The van der Waals surface area contributed by atoms with Crippen molar-refractivity contribution in [3.8, 4) is 0 Å². The molecule has 0 bridgehead atoms. The summed E-state index contributed by atoms with van der Waals surface area (Å²) in [6.07, 6.45) is 2.52. The molecular formula is C9H14Au2O4. The van der Waals surface area contributed by atoms with Crippen molar-refractivity contribution in [2.75, 3.05) is 0 Å². The zero-order valence-corrected chi connectivity index (χ0v) is 12.8. The Morgan fingerprint density at radius 3 is 2.13 bits per heavy atom. The second-order valence-corrected chi connectivity index (χ2v) is 4.18. The monoisotopic (exact) mass is 580 g/mol. The van der Waals surface area contributed by atoms with Crippen molar-refractivity contribution < 1.29 is 59.0 Å². The first-order valence-electron chi connectivity index (χ1n) is 4.67. The van der Waals surface area contributed by atoms with Gasteiger partial charge in [-0.3, -0.25) is 0 Å². The molecule has 0 aromatic rings. The Morgan fingerprint density at radius 2 is 1.73 bits per heavy atom. The zero-order valence-electron chi connectivity index (χ0n) is 8.51. The van der Waals surface area contributed by atoms with Crippen molar-refractivity contribution in [2.24, 2.45) is 11.8 Å². The molecule has 0 aromatic carbocycles. The first-order chi connectivity index (χ1) is 7.08. The van der Waals surface area contributed by atoms with Crippen LogP contribution < -0.4 is 0 Å². The number of unbranched alkanes of at least 4 members (excludes halogenated alkanes) is 1.